The Labute approximate surface area is 155 Å². The van der Waals surface area contributed by atoms with Gasteiger partial charge in [0.25, 0.3) is 0 Å². The molecule has 0 fully saturated rings. The molecule has 0 amide bonds. The molecular formula is C16H7Cl2F3N4O. The van der Waals surface area contributed by atoms with E-state index in [4.69, 9.17) is 38.5 Å². The maximum atomic E-state index is 12.7. The normalized spacial score (nSPS) is 10.4. The van der Waals surface area contributed by atoms with Crippen molar-refractivity contribution in [2.24, 2.45) is 0 Å². The highest BCUT2D eigenvalue weighted by molar-refractivity contribution is 6.37. The summed E-state index contributed by atoms with van der Waals surface area (Å²) in [7, 11) is 0. The molecule has 1 aromatic heterocycles. The second-order valence-electron chi connectivity index (χ2n) is 4.66. The molecule has 0 saturated carbocycles. The number of aromatic nitrogens is 1. The number of pyridine rings is 1. The number of hydrogen-bond donors (Lipinski definition) is 1. The van der Waals surface area contributed by atoms with Crippen LogP contribution in [0.5, 0.6) is 11.6 Å². The summed E-state index contributed by atoms with van der Waals surface area (Å²) in [4.78, 5) is 3.36. The van der Waals surface area contributed by atoms with Gasteiger partial charge in [-0.05, 0) is 18.2 Å². The fourth-order valence-electron chi connectivity index (χ4n) is 1.72. The van der Waals surface area contributed by atoms with Crippen LogP contribution >= 0.6 is 23.2 Å². The number of ether oxygens (including phenoxy) is 1. The van der Waals surface area contributed by atoms with Gasteiger partial charge in [0.2, 0.25) is 5.88 Å². The van der Waals surface area contributed by atoms with Crippen LogP contribution in [-0.4, -0.2) is 4.98 Å². The zero-order valence-corrected chi connectivity index (χ0v) is 14.1. The molecule has 0 unspecified atom stereocenters. The summed E-state index contributed by atoms with van der Waals surface area (Å²) >= 11 is 12.1. The number of benzene rings is 1. The van der Waals surface area contributed by atoms with E-state index < -0.39 is 11.9 Å². The Morgan fingerprint density at radius 3 is 2.31 bits per heavy atom. The van der Waals surface area contributed by atoms with Crippen LogP contribution in [0, 0.1) is 22.7 Å². The van der Waals surface area contributed by atoms with Gasteiger partial charge in [-0.25, -0.2) is 4.98 Å². The molecule has 0 bridgehead atoms. The van der Waals surface area contributed by atoms with Crippen molar-refractivity contribution in [3.05, 3.63) is 57.8 Å². The van der Waals surface area contributed by atoms with Gasteiger partial charge in [0.05, 0.1) is 10.0 Å². The molecule has 26 heavy (non-hydrogen) atoms. The molecule has 2 aromatic rings. The van der Waals surface area contributed by atoms with Crippen LogP contribution in [0.3, 0.4) is 0 Å². The highest BCUT2D eigenvalue weighted by Gasteiger charge is 2.32. The monoisotopic (exact) mass is 398 g/mol. The number of hydrogen-bond acceptors (Lipinski definition) is 5. The second kappa shape index (κ2) is 7.96. The van der Waals surface area contributed by atoms with Crippen molar-refractivity contribution in [2.75, 3.05) is 5.32 Å². The van der Waals surface area contributed by atoms with Gasteiger partial charge in [-0.2, -0.15) is 23.7 Å². The van der Waals surface area contributed by atoms with Crippen molar-refractivity contribution in [3.63, 3.8) is 0 Å². The Hall–Kier alpha value is -2.94. The zero-order valence-electron chi connectivity index (χ0n) is 12.6. The van der Waals surface area contributed by atoms with Crippen LogP contribution in [0.25, 0.3) is 0 Å². The maximum absolute atomic E-state index is 12.7. The minimum absolute atomic E-state index is 0.0110. The van der Waals surface area contributed by atoms with Crippen LogP contribution in [-0.2, 0) is 6.18 Å². The lowest BCUT2D eigenvalue weighted by Gasteiger charge is -2.12. The third-order valence-electron chi connectivity index (χ3n) is 2.84. The minimum atomic E-state index is -4.62. The molecule has 0 atom stereocenters. The van der Waals surface area contributed by atoms with Gasteiger partial charge in [-0.15, -0.1) is 0 Å². The van der Waals surface area contributed by atoms with Gasteiger partial charge in [-0.1, -0.05) is 29.3 Å². The minimum Gasteiger partial charge on any atom is -0.436 e. The first kappa shape index (κ1) is 19.4. The number of rotatable bonds is 4. The van der Waals surface area contributed by atoms with E-state index in [1.54, 1.807) is 12.1 Å². The van der Waals surface area contributed by atoms with Crippen molar-refractivity contribution < 1.29 is 17.9 Å². The lowest BCUT2D eigenvalue weighted by Crippen LogP contribution is -2.08. The van der Waals surface area contributed by atoms with Gasteiger partial charge in [0, 0.05) is 18.0 Å². The molecule has 0 aliphatic carbocycles. The third kappa shape index (κ3) is 4.79. The van der Waals surface area contributed by atoms with E-state index in [0.717, 1.165) is 18.3 Å². The molecular weight excluding hydrogens is 392 g/mol. The predicted octanol–water partition coefficient (Wildman–Crippen LogP) is 5.54. The van der Waals surface area contributed by atoms with E-state index in [2.05, 4.69) is 10.3 Å². The van der Waals surface area contributed by atoms with Crippen molar-refractivity contribution in [2.45, 2.75) is 6.18 Å². The van der Waals surface area contributed by atoms with Crippen molar-refractivity contribution in [1.29, 1.82) is 10.5 Å². The van der Waals surface area contributed by atoms with E-state index in [0.29, 0.717) is 5.69 Å². The van der Waals surface area contributed by atoms with Gasteiger partial charge in [-0.3, -0.25) is 0 Å². The summed E-state index contributed by atoms with van der Waals surface area (Å²) in [5.74, 6) is -0.420. The number of nitrogens with zero attached hydrogens (tertiary/aromatic N) is 3. The highest BCUT2D eigenvalue weighted by atomic mass is 35.5. The standard InChI is InChI=1S/C16H7Cl2F3N4O/c17-11-4-10(24-8-9(6-22)7-23)5-12(18)15(11)26-14-3-1-2-13(25-14)16(19,20)21/h1-5,8,24H. The van der Waals surface area contributed by atoms with E-state index in [1.165, 1.54) is 18.2 Å². The van der Waals surface area contributed by atoms with Crippen LogP contribution in [0.1, 0.15) is 5.69 Å². The lowest BCUT2D eigenvalue weighted by atomic mass is 10.3. The lowest BCUT2D eigenvalue weighted by molar-refractivity contribution is -0.141. The maximum Gasteiger partial charge on any atom is 0.433 e. The average Bonchev–Trinajstić information content (AvgIpc) is 2.58. The number of anilines is 1. The van der Waals surface area contributed by atoms with Crippen LogP contribution in [0.4, 0.5) is 18.9 Å². The summed E-state index contributed by atoms with van der Waals surface area (Å²) in [5.41, 5.74) is -0.954. The molecule has 0 radical (unpaired) electrons. The van der Waals surface area contributed by atoms with Crippen LogP contribution < -0.4 is 10.1 Å². The second-order valence-corrected chi connectivity index (χ2v) is 5.47. The first-order valence-electron chi connectivity index (χ1n) is 6.72. The number of allylic oxidation sites excluding steroid dienone is 1. The smallest absolute Gasteiger partial charge is 0.433 e. The van der Waals surface area contributed by atoms with Crippen molar-refractivity contribution in [3.8, 4) is 23.8 Å². The number of nitrogens with one attached hydrogen (secondary N) is 1. The van der Waals surface area contributed by atoms with E-state index >= 15 is 0 Å². The Morgan fingerprint density at radius 1 is 1.15 bits per heavy atom. The SMILES string of the molecule is N#CC(C#N)=CNc1cc(Cl)c(Oc2cccc(C(F)(F)F)n2)c(Cl)c1. The quantitative estimate of drug-likeness (QED) is 0.683. The molecule has 132 valence electrons. The highest BCUT2D eigenvalue weighted by Crippen LogP contribution is 2.39. The Kier molecular flexibility index (Phi) is 5.93. The number of halogens is 5. The van der Waals surface area contributed by atoms with Crippen molar-refractivity contribution >= 4 is 28.9 Å². The fraction of sp³-hybridized carbons (Fsp3) is 0.0625. The molecule has 0 saturated heterocycles. The van der Waals surface area contributed by atoms with Gasteiger partial charge >= 0.3 is 6.18 Å². The van der Waals surface area contributed by atoms with Gasteiger partial charge in [0.1, 0.15) is 23.4 Å². The number of nitriles is 2. The summed E-state index contributed by atoms with van der Waals surface area (Å²) < 4.78 is 43.4. The van der Waals surface area contributed by atoms with Crippen LogP contribution in [0.15, 0.2) is 42.1 Å². The van der Waals surface area contributed by atoms with E-state index in [1.807, 2.05) is 0 Å². The molecule has 5 nitrogen and oxygen atoms in total. The Morgan fingerprint density at radius 2 is 1.77 bits per heavy atom. The molecule has 10 heteroatoms. The third-order valence-corrected chi connectivity index (χ3v) is 3.40. The molecule has 2 rings (SSSR count). The summed E-state index contributed by atoms with van der Waals surface area (Å²) in [5, 5.41) is 20.0. The topological polar surface area (TPSA) is 81.7 Å². The summed E-state index contributed by atoms with van der Waals surface area (Å²) in [6.07, 6.45) is -3.47. The van der Waals surface area contributed by atoms with E-state index in [9.17, 15) is 13.2 Å². The fourth-order valence-corrected chi connectivity index (χ4v) is 2.28. The average molecular weight is 399 g/mol. The summed E-state index contributed by atoms with van der Waals surface area (Å²) in [6.45, 7) is 0. The molecule has 1 N–H and O–H groups in total. The first-order valence-corrected chi connectivity index (χ1v) is 7.48. The van der Waals surface area contributed by atoms with Gasteiger partial charge in [0.15, 0.2) is 5.75 Å². The predicted molar refractivity (Wildman–Crippen MR) is 88.7 cm³/mol. The zero-order chi connectivity index (χ0) is 19.3. The molecule has 0 spiro atoms. The molecule has 0 aliphatic heterocycles. The Bertz CT molecular complexity index is 907. The first-order chi connectivity index (χ1) is 12.2. The van der Waals surface area contributed by atoms with Crippen molar-refractivity contribution in [1.82, 2.24) is 4.98 Å². The largest absolute Gasteiger partial charge is 0.436 e. The molecule has 1 heterocycles. The number of alkyl halides is 3. The molecule has 1 aromatic carbocycles. The van der Waals surface area contributed by atoms with E-state index in [-0.39, 0.29) is 27.2 Å². The van der Waals surface area contributed by atoms with Gasteiger partial charge < -0.3 is 10.1 Å². The molecule has 0 aliphatic rings. The Balaban J connectivity index is 2.28. The summed E-state index contributed by atoms with van der Waals surface area (Å²) in [6, 6.07) is 9.21. The van der Waals surface area contributed by atoms with Crippen LogP contribution in [0.2, 0.25) is 10.0 Å².